The molecule has 0 fully saturated rings. The molecule has 0 aliphatic heterocycles. The predicted octanol–water partition coefficient (Wildman–Crippen LogP) is 2.60. The minimum absolute atomic E-state index is 0.177. The summed E-state index contributed by atoms with van der Waals surface area (Å²) < 4.78 is 19.3. The van der Waals surface area contributed by atoms with E-state index in [1.54, 1.807) is 0 Å². The fourth-order valence-electron chi connectivity index (χ4n) is 2.19. The van der Waals surface area contributed by atoms with Crippen LogP contribution in [0.15, 0.2) is 29.0 Å². The van der Waals surface area contributed by atoms with Crippen molar-refractivity contribution in [2.24, 2.45) is 0 Å². The van der Waals surface area contributed by atoms with Gasteiger partial charge in [-0.25, -0.2) is 4.98 Å². The van der Waals surface area contributed by atoms with Crippen molar-refractivity contribution in [2.45, 2.75) is 38.2 Å². The average molecular weight is 318 g/mol. The zero-order chi connectivity index (χ0) is 15.7. The Morgan fingerprint density at radius 1 is 1.32 bits per heavy atom. The van der Waals surface area contributed by atoms with Crippen molar-refractivity contribution in [3.63, 3.8) is 0 Å². The summed E-state index contributed by atoms with van der Waals surface area (Å²) in [4.78, 5) is 8.78. The normalized spacial score (nSPS) is 13.1. The summed E-state index contributed by atoms with van der Waals surface area (Å²) in [7, 11) is -1.12. The van der Waals surface area contributed by atoms with Gasteiger partial charge in [0.2, 0.25) is 5.89 Å². The number of aryl methyl sites for hydroxylation is 1. The molecule has 22 heavy (non-hydrogen) atoms. The van der Waals surface area contributed by atoms with E-state index in [-0.39, 0.29) is 11.7 Å². The molecule has 0 unspecified atom stereocenters. The Morgan fingerprint density at radius 2 is 2.14 bits per heavy atom. The van der Waals surface area contributed by atoms with Crippen LogP contribution in [0.3, 0.4) is 0 Å². The molecule has 0 saturated heterocycles. The molecular formula is C15H18N4O2S. The number of nitrogens with zero attached hydrogens (tertiary/aromatic N) is 4. The summed E-state index contributed by atoms with van der Waals surface area (Å²) >= 11 is 0. The second kappa shape index (κ2) is 6.00. The minimum atomic E-state index is -1.12. The molecule has 0 saturated carbocycles. The van der Waals surface area contributed by atoms with Crippen LogP contribution in [-0.4, -0.2) is 23.7 Å². The van der Waals surface area contributed by atoms with Crippen LogP contribution in [0.25, 0.3) is 5.65 Å². The van der Waals surface area contributed by atoms with Crippen molar-refractivity contribution >= 4 is 16.4 Å². The maximum Gasteiger partial charge on any atom is 0.229 e. The van der Waals surface area contributed by atoms with Gasteiger partial charge >= 0.3 is 0 Å². The highest BCUT2D eigenvalue weighted by Gasteiger charge is 2.14. The number of pyridine rings is 1. The van der Waals surface area contributed by atoms with Crippen molar-refractivity contribution in [2.75, 3.05) is 0 Å². The third-order valence-corrected chi connectivity index (χ3v) is 4.50. The number of rotatable bonds is 5. The second-order valence-corrected chi connectivity index (χ2v) is 7.04. The molecule has 0 aromatic carbocycles. The lowest BCUT2D eigenvalue weighted by molar-refractivity contribution is 0.362. The summed E-state index contributed by atoms with van der Waals surface area (Å²) in [5.74, 6) is 1.91. The van der Waals surface area contributed by atoms with Crippen molar-refractivity contribution in [1.82, 2.24) is 19.5 Å². The van der Waals surface area contributed by atoms with E-state index in [1.165, 1.54) is 0 Å². The molecule has 6 nitrogen and oxygen atoms in total. The van der Waals surface area contributed by atoms with Gasteiger partial charge in [0, 0.05) is 29.1 Å². The van der Waals surface area contributed by atoms with Gasteiger partial charge in [0.15, 0.2) is 5.82 Å². The van der Waals surface area contributed by atoms with Crippen molar-refractivity contribution in [1.29, 1.82) is 0 Å². The lowest BCUT2D eigenvalue weighted by Gasteiger charge is -1.95. The largest absolute Gasteiger partial charge is 0.339 e. The highest BCUT2D eigenvalue weighted by molar-refractivity contribution is 7.83. The van der Waals surface area contributed by atoms with Gasteiger partial charge in [-0.3, -0.25) is 4.21 Å². The summed E-state index contributed by atoms with van der Waals surface area (Å²) in [6.45, 7) is 5.97. The van der Waals surface area contributed by atoms with Crippen LogP contribution in [0, 0.1) is 6.92 Å². The standard InChI is InChI=1S/C15H18N4O2S/c1-10(2)15-17-13(18-21-15)9-22(20)8-12-7-19-6-4-5-11(3)14(19)16-12/h4-7,10H,8-9H2,1-3H3/t22-/m0/s1. The van der Waals surface area contributed by atoms with Gasteiger partial charge in [0.25, 0.3) is 0 Å². The van der Waals surface area contributed by atoms with Gasteiger partial charge in [-0.15, -0.1) is 0 Å². The van der Waals surface area contributed by atoms with E-state index in [2.05, 4.69) is 15.1 Å². The second-order valence-electron chi connectivity index (χ2n) is 5.59. The summed E-state index contributed by atoms with van der Waals surface area (Å²) in [5, 5.41) is 3.87. The first-order valence-corrected chi connectivity index (χ1v) is 8.62. The lowest BCUT2D eigenvalue weighted by Crippen LogP contribution is -2.01. The van der Waals surface area contributed by atoms with E-state index in [4.69, 9.17) is 4.52 Å². The fraction of sp³-hybridized carbons (Fsp3) is 0.400. The van der Waals surface area contributed by atoms with Crippen LogP contribution in [0.4, 0.5) is 0 Å². The SMILES string of the molecule is Cc1cccn2cc(C[S@](=O)Cc3noc(C(C)C)n3)nc12. The molecule has 7 heteroatoms. The van der Waals surface area contributed by atoms with Gasteiger partial charge in [-0.05, 0) is 18.6 Å². The van der Waals surface area contributed by atoms with E-state index in [0.717, 1.165) is 16.9 Å². The summed E-state index contributed by atoms with van der Waals surface area (Å²) in [6, 6.07) is 3.98. The molecule has 3 rings (SSSR count). The Hall–Kier alpha value is -2.02. The number of hydrogen-bond acceptors (Lipinski definition) is 5. The molecule has 0 aliphatic rings. The van der Waals surface area contributed by atoms with Crippen molar-refractivity contribution in [3.8, 4) is 0 Å². The molecule has 3 aromatic heterocycles. The van der Waals surface area contributed by atoms with Crippen LogP contribution < -0.4 is 0 Å². The van der Waals surface area contributed by atoms with Gasteiger partial charge in [0.1, 0.15) is 5.65 Å². The van der Waals surface area contributed by atoms with Crippen LogP contribution >= 0.6 is 0 Å². The van der Waals surface area contributed by atoms with E-state index in [0.29, 0.717) is 17.5 Å². The highest BCUT2D eigenvalue weighted by Crippen LogP contribution is 2.14. The Balaban J connectivity index is 1.71. The zero-order valence-corrected chi connectivity index (χ0v) is 13.6. The van der Waals surface area contributed by atoms with Gasteiger partial charge in [-0.2, -0.15) is 4.98 Å². The first kappa shape index (κ1) is 14.9. The lowest BCUT2D eigenvalue weighted by atomic mass is 10.2. The van der Waals surface area contributed by atoms with Crippen LogP contribution in [-0.2, 0) is 22.3 Å². The molecule has 116 valence electrons. The topological polar surface area (TPSA) is 73.3 Å². The molecule has 0 aliphatic carbocycles. The van der Waals surface area contributed by atoms with Crippen molar-refractivity contribution < 1.29 is 8.73 Å². The Bertz CT molecular complexity index is 822. The fourth-order valence-corrected chi connectivity index (χ4v) is 3.17. The first-order valence-electron chi connectivity index (χ1n) is 7.13. The summed E-state index contributed by atoms with van der Waals surface area (Å²) in [5.41, 5.74) is 2.80. The molecular weight excluding hydrogens is 300 g/mol. The van der Waals surface area contributed by atoms with Gasteiger partial charge in [0.05, 0.1) is 17.2 Å². The highest BCUT2D eigenvalue weighted by atomic mass is 32.2. The van der Waals surface area contributed by atoms with Gasteiger partial charge < -0.3 is 8.92 Å². The van der Waals surface area contributed by atoms with Crippen LogP contribution in [0.2, 0.25) is 0 Å². The predicted molar refractivity (Wildman–Crippen MR) is 83.9 cm³/mol. The first-order chi connectivity index (χ1) is 10.5. The average Bonchev–Trinajstić information content (AvgIpc) is 3.06. The van der Waals surface area contributed by atoms with Crippen molar-refractivity contribution in [3.05, 3.63) is 47.5 Å². The summed E-state index contributed by atoms with van der Waals surface area (Å²) in [6.07, 6.45) is 3.85. The molecule has 0 N–H and O–H groups in total. The van der Waals surface area contributed by atoms with E-state index < -0.39 is 10.8 Å². The number of aromatic nitrogens is 4. The molecule has 1 atom stereocenters. The maximum atomic E-state index is 12.3. The zero-order valence-electron chi connectivity index (χ0n) is 12.8. The molecule has 0 bridgehead atoms. The van der Waals surface area contributed by atoms with E-state index >= 15 is 0 Å². The van der Waals surface area contributed by atoms with Gasteiger partial charge in [-0.1, -0.05) is 25.1 Å². The molecule has 3 heterocycles. The number of hydrogen-bond donors (Lipinski definition) is 0. The monoisotopic (exact) mass is 318 g/mol. The third-order valence-electron chi connectivity index (χ3n) is 3.30. The number of imidazole rings is 1. The Morgan fingerprint density at radius 3 is 2.82 bits per heavy atom. The Kier molecular flexibility index (Phi) is 4.06. The van der Waals surface area contributed by atoms with E-state index in [1.807, 2.05) is 49.7 Å². The smallest absolute Gasteiger partial charge is 0.229 e. The van der Waals surface area contributed by atoms with E-state index in [9.17, 15) is 4.21 Å². The third kappa shape index (κ3) is 3.09. The molecule has 0 amide bonds. The Labute approximate surface area is 131 Å². The molecule has 3 aromatic rings. The maximum absolute atomic E-state index is 12.3. The molecule has 0 radical (unpaired) electrons. The van der Waals surface area contributed by atoms with Crippen LogP contribution in [0.1, 0.15) is 42.7 Å². The minimum Gasteiger partial charge on any atom is -0.339 e. The van der Waals surface area contributed by atoms with Crippen LogP contribution in [0.5, 0.6) is 0 Å². The molecule has 0 spiro atoms. The number of fused-ring (bicyclic) bond motifs is 1. The quantitative estimate of drug-likeness (QED) is 0.723.